The van der Waals surface area contributed by atoms with E-state index in [4.69, 9.17) is 5.73 Å². The standard InChI is InChI=1S/C17H29N/c1-13-9-14(2)11-15(10-13)12-16(18)7-6-8-17(3,4)5/h9-11,16H,6-8,12,18H2,1-5H3. The van der Waals surface area contributed by atoms with Crippen LogP contribution in [0.3, 0.4) is 0 Å². The van der Waals surface area contributed by atoms with Crippen molar-refractivity contribution in [2.45, 2.75) is 66.3 Å². The Morgan fingerprint density at radius 2 is 1.61 bits per heavy atom. The van der Waals surface area contributed by atoms with E-state index in [1.807, 2.05) is 0 Å². The van der Waals surface area contributed by atoms with Crippen LogP contribution < -0.4 is 5.73 Å². The van der Waals surface area contributed by atoms with Crippen LogP contribution in [-0.2, 0) is 6.42 Å². The Kier molecular flexibility index (Phi) is 5.40. The maximum Gasteiger partial charge on any atom is 0.00793 e. The van der Waals surface area contributed by atoms with Gasteiger partial charge in [0.25, 0.3) is 0 Å². The average Bonchev–Trinajstić information content (AvgIpc) is 2.12. The molecule has 0 aliphatic rings. The maximum absolute atomic E-state index is 6.24. The van der Waals surface area contributed by atoms with Crippen LogP contribution >= 0.6 is 0 Å². The van der Waals surface area contributed by atoms with Crippen LogP contribution in [0.4, 0.5) is 0 Å². The molecule has 0 saturated carbocycles. The molecule has 1 unspecified atom stereocenters. The van der Waals surface area contributed by atoms with Gasteiger partial charge in [-0.15, -0.1) is 0 Å². The molecule has 0 aliphatic carbocycles. The van der Waals surface area contributed by atoms with E-state index in [9.17, 15) is 0 Å². The van der Waals surface area contributed by atoms with Gasteiger partial charge in [0, 0.05) is 6.04 Å². The summed E-state index contributed by atoms with van der Waals surface area (Å²) in [5.41, 5.74) is 10.7. The van der Waals surface area contributed by atoms with Crippen LogP contribution in [0, 0.1) is 19.3 Å². The number of nitrogens with two attached hydrogens (primary N) is 1. The van der Waals surface area contributed by atoms with Crippen LogP contribution in [0.15, 0.2) is 18.2 Å². The van der Waals surface area contributed by atoms with Gasteiger partial charge in [-0.3, -0.25) is 0 Å². The molecule has 1 atom stereocenters. The Labute approximate surface area is 113 Å². The fraction of sp³-hybridized carbons (Fsp3) is 0.647. The molecular formula is C17H29N. The minimum Gasteiger partial charge on any atom is -0.327 e. The average molecular weight is 247 g/mol. The quantitative estimate of drug-likeness (QED) is 0.820. The molecule has 0 aromatic heterocycles. The third-order valence-corrected chi connectivity index (χ3v) is 3.28. The largest absolute Gasteiger partial charge is 0.327 e. The molecule has 0 heterocycles. The molecule has 18 heavy (non-hydrogen) atoms. The molecule has 0 amide bonds. The van der Waals surface area contributed by atoms with Crippen LogP contribution in [-0.4, -0.2) is 6.04 Å². The Morgan fingerprint density at radius 1 is 1.06 bits per heavy atom. The van der Waals surface area contributed by atoms with Gasteiger partial charge in [-0.05, 0) is 44.1 Å². The SMILES string of the molecule is Cc1cc(C)cc(CC(N)CCCC(C)(C)C)c1. The molecule has 0 fully saturated rings. The zero-order valence-electron chi connectivity index (χ0n) is 12.7. The van der Waals surface area contributed by atoms with E-state index in [-0.39, 0.29) is 0 Å². The first kappa shape index (κ1) is 15.2. The van der Waals surface area contributed by atoms with Gasteiger partial charge >= 0.3 is 0 Å². The second kappa shape index (κ2) is 6.38. The molecule has 1 aromatic rings. The van der Waals surface area contributed by atoms with Crippen molar-refractivity contribution in [3.05, 3.63) is 34.9 Å². The predicted octanol–water partition coefficient (Wildman–Crippen LogP) is 4.39. The minimum atomic E-state index is 0.300. The number of benzene rings is 1. The summed E-state index contributed by atoms with van der Waals surface area (Å²) < 4.78 is 0. The lowest BCUT2D eigenvalue weighted by Gasteiger charge is -2.19. The molecule has 0 spiro atoms. The molecule has 1 nitrogen and oxygen atoms in total. The van der Waals surface area contributed by atoms with E-state index in [0.717, 1.165) is 12.8 Å². The number of hydrogen-bond acceptors (Lipinski definition) is 1. The molecule has 1 rings (SSSR count). The third kappa shape index (κ3) is 6.20. The van der Waals surface area contributed by atoms with Gasteiger partial charge in [0.1, 0.15) is 0 Å². The topological polar surface area (TPSA) is 26.0 Å². The monoisotopic (exact) mass is 247 g/mol. The van der Waals surface area contributed by atoms with Crippen molar-refractivity contribution in [2.24, 2.45) is 11.1 Å². The van der Waals surface area contributed by atoms with E-state index in [1.54, 1.807) is 0 Å². The molecule has 2 N–H and O–H groups in total. The van der Waals surface area contributed by atoms with Crippen molar-refractivity contribution in [3.8, 4) is 0 Å². The van der Waals surface area contributed by atoms with Crippen LogP contribution in [0.1, 0.15) is 56.7 Å². The van der Waals surface area contributed by atoms with E-state index in [1.165, 1.54) is 29.5 Å². The molecule has 102 valence electrons. The summed E-state index contributed by atoms with van der Waals surface area (Å²) in [7, 11) is 0. The first-order valence-electron chi connectivity index (χ1n) is 7.09. The van der Waals surface area contributed by atoms with Gasteiger partial charge in [0.2, 0.25) is 0 Å². The van der Waals surface area contributed by atoms with E-state index >= 15 is 0 Å². The number of aryl methyl sites for hydroxylation is 2. The van der Waals surface area contributed by atoms with Crippen molar-refractivity contribution < 1.29 is 0 Å². The van der Waals surface area contributed by atoms with Crippen LogP contribution in [0.2, 0.25) is 0 Å². The normalized spacial score (nSPS) is 13.7. The molecule has 0 bridgehead atoms. The van der Waals surface area contributed by atoms with Crippen molar-refractivity contribution in [1.29, 1.82) is 0 Å². The third-order valence-electron chi connectivity index (χ3n) is 3.28. The summed E-state index contributed by atoms with van der Waals surface area (Å²) in [5, 5.41) is 0. The lowest BCUT2D eigenvalue weighted by atomic mass is 9.88. The van der Waals surface area contributed by atoms with Crippen LogP contribution in [0.25, 0.3) is 0 Å². The van der Waals surface area contributed by atoms with Crippen molar-refractivity contribution >= 4 is 0 Å². The Bertz CT molecular complexity index is 353. The van der Waals surface area contributed by atoms with Gasteiger partial charge in [0.15, 0.2) is 0 Å². The zero-order valence-corrected chi connectivity index (χ0v) is 12.7. The fourth-order valence-corrected chi connectivity index (χ4v) is 2.49. The van der Waals surface area contributed by atoms with Gasteiger partial charge in [-0.1, -0.05) is 56.5 Å². The molecule has 0 radical (unpaired) electrons. The van der Waals surface area contributed by atoms with Crippen molar-refractivity contribution in [2.75, 3.05) is 0 Å². The minimum absolute atomic E-state index is 0.300. The highest BCUT2D eigenvalue weighted by molar-refractivity contribution is 5.29. The zero-order chi connectivity index (χ0) is 13.8. The van der Waals surface area contributed by atoms with Crippen LogP contribution in [0.5, 0.6) is 0 Å². The first-order valence-corrected chi connectivity index (χ1v) is 7.09. The molecule has 1 aromatic carbocycles. The molecule has 1 heteroatoms. The Balaban J connectivity index is 2.42. The molecular weight excluding hydrogens is 218 g/mol. The summed E-state index contributed by atoms with van der Waals surface area (Å²) >= 11 is 0. The van der Waals surface area contributed by atoms with E-state index < -0.39 is 0 Å². The lowest BCUT2D eigenvalue weighted by molar-refractivity contribution is 0.352. The smallest absolute Gasteiger partial charge is 0.00793 e. The molecule has 0 aliphatic heterocycles. The van der Waals surface area contributed by atoms with E-state index in [2.05, 4.69) is 52.8 Å². The lowest BCUT2D eigenvalue weighted by Crippen LogP contribution is -2.23. The first-order chi connectivity index (χ1) is 8.26. The summed E-state index contributed by atoms with van der Waals surface area (Å²) in [5.74, 6) is 0. The number of hydrogen-bond donors (Lipinski definition) is 1. The number of rotatable bonds is 5. The van der Waals surface area contributed by atoms with E-state index in [0.29, 0.717) is 11.5 Å². The second-order valence-electron chi connectivity index (χ2n) is 6.91. The van der Waals surface area contributed by atoms with Crippen molar-refractivity contribution in [3.63, 3.8) is 0 Å². The van der Waals surface area contributed by atoms with Gasteiger partial charge < -0.3 is 5.73 Å². The second-order valence-corrected chi connectivity index (χ2v) is 6.91. The Hall–Kier alpha value is -0.820. The van der Waals surface area contributed by atoms with Gasteiger partial charge in [-0.25, -0.2) is 0 Å². The Morgan fingerprint density at radius 3 is 2.11 bits per heavy atom. The van der Waals surface area contributed by atoms with Gasteiger partial charge in [-0.2, -0.15) is 0 Å². The highest BCUT2D eigenvalue weighted by Gasteiger charge is 2.11. The summed E-state index contributed by atoms with van der Waals surface area (Å²) in [4.78, 5) is 0. The van der Waals surface area contributed by atoms with Gasteiger partial charge in [0.05, 0.1) is 0 Å². The fourth-order valence-electron chi connectivity index (χ4n) is 2.49. The highest BCUT2D eigenvalue weighted by Crippen LogP contribution is 2.22. The maximum atomic E-state index is 6.24. The molecule has 0 saturated heterocycles. The van der Waals surface area contributed by atoms with Crippen molar-refractivity contribution in [1.82, 2.24) is 0 Å². The summed E-state index contributed by atoms with van der Waals surface area (Å²) in [6.07, 6.45) is 4.62. The summed E-state index contributed by atoms with van der Waals surface area (Å²) in [6, 6.07) is 7.04. The summed E-state index contributed by atoms with van der Waals surface area (Å²) in [6.45, 7) is 11.2. The predicted molar refractivity (Wildman–Crippen MR) is 80.9 cm³/mol. The highest BCUT2D eigenvalue weighted by atomic mass is 14.6.